The third-order valence-corrected chi connectivity index (χ3v) is 3.52. The van der Waals surface area contributed by atoms with Gasteiger partial charge in [-0.15, -0.1) is 0 Å². The van der Waals surface area contributed by atoms with E-state index in [1.165, 1.54) is 18.3 Å². The minimum absolute atomic E-state index is 0.0762. The molecule has 0 saturated heterocycles. The van der Waals surface area contributed by atoms with Crippen molar-refractivity contribution in [2.24, 2.45) is 4.99 Å². The van der Waals surface area contributed by atoms with Gasteiger partial charge in [-0.1, -0.05) is 11.8 Å². The number of nitro benzene ring substituents is 1. The van der Waals surface area contributed by atoms with Gasteiger partial charge in [-0.3, -0.25) is 15.1 Å². The van der Waals surface area contributed by atoms with E-state index in [4.69, 9.17) is 5.11 Å². The molecule has 7 nitrogen and oxygen atoms in total. The van der Waals surface area contributed by atoms with Gasteiger partial charge in [-0.25, -0.2) is 0 Å². The van der Waals surface area contributed by atoms with Crippen molar-refractivity contribution in [2.45, 2.75) is 6.92 Å². The van der Waals surface area contributed by atoms with Gasteiger partial charge in [0.15, 0.2) is 0 Å². The van der Waals surface area contributed by atoms with Crippen LogP contribution in [0.15, 0.2) is 47.5 Å². The molecule has 24 heavy (non-hydrogen) atoms. The molecule has 0 aliphatic heterocycles. The van der Waals surface area contributed by atoms with Crippen molar-refractivity contribution in [3.8, 4) is 5.75 Å². The van der Waals surface area contributed by atoms with Gasteiger partial charge in [-0.2, -0.15) is 0 Å². The van der Waals surface area contributed by atoms with E-state index in [0.29, 0.717) is 12.2 Å². The second-order valence-corrected chi connectivity index (χ2v) is 5.06. The number of aliphatic hydroxyl groups excluding tert-OH is 1. The zero-order valence-corrected chi connectivity index (χ0v) is 13.3. The zero-order valence-electron chi connectivity index (χ0n) is 13.3. The molecular weight excluding hydrogens is 310 g/mol. The number of nitro groups is 1. The summed E-state index contributed by atoms with van der Waals surface area (Å²) in [7, 11) is 0. The van der Waals surface area contributed by atoms with Gasteiger partial charge in [-0.05, 0) is 36.8 Å². The highest BCUT2D eigenvalue weighted by atomic mass is 16.6. The Bertz CT molecular complexity index is 729. The predicted molar refractivity (Wildman–Crippen MR) is 91.2 cm³/mol. The van der Waals surface area contributed by atoms with E-state index in [-0.39, 0.29) is 23.6 Å². The van der Waals surface area contributed by atoms with Crippen LogP contribution in [-0.2, 0) is 0 Å². The Morgan fingerprint density at radius 2 is 1.96 bits per heavy atom. The van der Waals surface area contributed by atoms with Crippen molar-refractivity contribution in [2.75, 3.05) is 24.6 Å². The first kappa shape index (κ1) is 17.4. The highest BCUT2D eigenvalue weighted by Crippen LogP contribution is 2.22. The highest BCUT2D eigenvalue weighted by molar-refractivity contribution is 5.86. The Kier molecular flexibility index (Phi) is 5.86. The van der Waals surface area contributed by atoms with Crippen LogP contribution in [0.3, 0.4) is 0 Å². The van der Waals surface area contributed by atoms with Crippen molar-refractivity contribution < 1.29 is 15.1 Å². The lowest BCUT2D eigenvalue weighted by molar-refractivity contribution is -0.385. The summed E-state index contributed by atoms with van der Waals surface area (Å²) in [4.78, 5) is 16.4. The maximum Gasteiger partial charge on any atom is 0.270 e. The lowest BCUT2D eigenvalue weighted by Crippen LogP contribution is -2.25. The average Bonchev–Trinajstić information content (AvgIpc) is 2.59. The van der Waals surface area contributed by atoms with E-state index >= 15 is 0 Å². The van der Waals surface area contributed by atoms with Crippen molar-refractivity contribution >= 4 is 23.3 Å². The molecule has 0 bridgehead atoms. The number of hydrogen-bond acceptors (Lipinski definition) is 6. The molecule has 0 spiro atoms. The van der Waals surface area contributed by atoms with Gasteiger partial charge in [0.1, 0.15) is 0 Å². The Hall–Kier alpha value is -2.93. The molecule has 0 aliphatic rings. The SMILES string of the molecule is CCN(CCO)c1ccc(N=Cc2cc([N+](=O)[O-])ccc2[O-])cc1. The fraction of sp³-hybridized carbons (Fsp3) is 0.235. The summed E-state index contributed by atoms with van der Waals surface area (Å²) in [5.74, 6) is -0.318. The van der Waals surface area contributed by atoms with Crippen LogP contribution >= 0.6 is 0 Å². The Balaban J connectivity index is 2.18. The van der Waals surface area contributed by atoms with Gasteiger partial charge >= 0.3 is 0 Å². The molecule has 0 radical (unpaired) electrons. The smallest absolute Gasteiger partial charge is 0.270 e. The lowest BCUT2D eigenvalue weighted by atomic mass is 10.2. The normalized spacial score (nSPS) is 10.9. The first-order valence-electron chi connectivity index (χ1n) is 7.50. The maximum absolute atomic E-state index is 11.7. The van der Waals surface area contributed by atoms with Crippen LogP contribution in [0.2, 0.25) is 0 Å². The third-order valence-electron chi connectivity index (χ3n) is 3.52. The number of anilines is 1. The van der Waals surface area contributed by atoms with Crippen LogP contribution in [0.1, 0.15) is 12.5 Å². The number of nitrogens with zero attached hydrogens (tertiary/aromatic N) is 3. The summed E-state index contributed by atoms with van der Waals surface area (Å²) in [6.07, 6.45) is 1.33. The summed E-state index contributed by atoms with van der Waals surface area (Å²) in [6.45, 7) is 3.40. The average molecular weight is 328 g/mol. The Morgan fingerprint density at radius 3 is 2.54 bits per heavy atom. The van der Waals surface area contributed by atoms with Crippen molar-refractivity contribution in [1.82, 2.24) is 0 Å². The topological polar surface area (TPSA) is 102 Å². The first-order valence-corrected chi connectivity index (χ1v) is 7.50. The molecule has 0 amide bonds. The molecule has 0 unspecified atom stereocenters. The first-order chi connectivity index (χ1) is 11.5. The number of hydrogen-bond donors (Lipinski definition) is 1. The monoisotopic (exact) mass is 328 g/mol. The second-order valence-electron chi connectivity index (χ2n) is 5.06. The molecule has 0 heterocycles. The fourth-order valence-electron chi connectivity index (χ4n) is 2.23. The largest absolute Gasteiger partial charge is 0.872 e. The van der Waals surface area contributed by atoms with Gasteiger partial charge in [0.05, 0.1) is 17.2 Å². The predicted octanol–water partition coefficient (Wildman–Crippen LogP) is 2.24. The van der Waals surface area contributed by atoms with Gasteiger partial charge in [0.2, 0.25) is 0 Å². The molecule has 0 aromatic heterocycles. The summed E-state index contributed by atoms with van der Waals surface area (Å²) in [6, 6.07) is 10.9. The molecule has 2 aromatic rings. The van der Waals surface area contributed by atoms with E-state index in [2.05, 4.69) is 4.99 Å². The minimum Gasteiger partial charge on any atom is -0.872 e. The quantitative estimate of drug-likeness (QED) is 0.477. The van der Waals surface area contributed by atoms with Crippen molar-refractivity contribution in [1.29, 1.82) is 0 Å². The third kappa shape index (κ3) is 4.30. The molecule has 2 aromatic carbocycles. The van der Waals surface area contributed by atoms with Crippen molar-refractivity contribution in [3.05, 3.63) is 58.1 Å². The van der Waals surface area contributed by atoms with Crippen LogP contribution in [0, 0.1) is 10.1 Å². The van der Waals surface area contributed by atoms with E-state index in [0.717, 1.165) is 18.3 Å². The van der Waals surface area contributed by atoms with Crippen LogP contribution in [0.25, 0.3) is 0 Å². The molecule has 0 saturated carbocycles. The number of non-ortho nitro benzene ring substituents is 1. The Labute approximate surface area is 139 Å². The molecule has 0 aliphatic carbocycles. The molecule has 2 rings (SSSR count). The number of aliphatic hydroxyl groups is 1. The highest BCUT2D eigenvalue weighted by Gasteiger charge is 2.06. The zero-order chi connectivity index (χ0) is 17.5. The van der Waals surface area contributed by atoms with Crippen LogP contribution in [0.4, 0.5) is 17.1 Å². The van der Waals surface area contributed by atoms with Crippen LogP contribution in [-0.4, -0.2) is 35.9 Å². The number of rotatable bonds is 7. The van der Waals surface area contributed by atoms with E-state index in [9.17, 15) is 15.2 Å². The van der Waals surface area contributed by atoms with E-state index in [1.54, 1.807) is 12.1 Å². The molecule has 7 heteroatoms. The minimum atomic E-state index is -0.550. The summed E-state index contributed by atoms with van der Waals surface area (Å²) >= 11 is 0. The molecule has 0 fully saturated rings. The standard InChI is InChI=1S/C17H19N3O4/c1-2-19(9-10-21)15-5-3-14(4-6-15)18-12-13-11-16(20(23)24)7-8-17(13)22/h3-8,11-12,21-22H,2,9-10H2,1H3/p-1. The van der Waals surface area contributed by atoms with E-state index in [1.807, 2.05) is 24.0 Å². The molecule has 126 valence electrons. The van der Waals surface area contributed by atoms with Gasteiger partial charge in [0.25, 0.3) is 5.69 Å². The Morgan fingerprint density at radius 1 is 1.25 bits per heavy atom. The van der Waals surface area contributed by atoms with Gasteiger partial charge < -0.3 is 15.1 Å². The number of benzene rings is 2. The molecular formula is C17H18N3O4-. The lowest BCUT2D eigenvalue weighted by Gasteiger charge is -2.21. The summed E-state index contributed by atoms with van der Waals surface area (Å²) < 4.78 is 0. The van der Waals surface area contributed by atoms with E-state index < -0.39 is 4.92 Å². The van der Waals surface area contributed by atoms with Crippen LogP contribution in [0.5, 0.6) is 5.75 Å². The van der Waals surface area contributed by atoms with Crippen LogP contribution < -0.4 is 10.0 Å². The second kappa shape index (κ2) is 8.07. The number of aliphatic imine (C=N–C) groups is 1. The molecule has 0 atom stereocenters. The van der Waals surface area contributed by atoms with Gasteiger partial charge in [0, 0.05) is 37.1 Å². The fourth-order valence-corrected chi connectivity index (χ4v) is 2.23. The number of likely N-dealkylation sites (N-methyl/N-ethyl adjacent to an activating group) is 1. The molecule has 1 N–H and O–H groups in total. The maximum atomic E-state index is 11.7. The summed E-state index contributed by atoms with van der Waals surface area (Å²) in [5.41, 5.74) is 1.62. The summed E-state index contributed by atoms with van der Waals surface area (Å²) in [5, 5.41) is 31.5. The van der Waals surface area contributed by atoms with Crippen molar-refractivity contribution in [3.63, 3.8) is 0 Å².